The normalized spacial score (nSPS) is 11.3. The standard InChI is InChI=1S/C18H38O9/c1-2-20-5-6-22-9-10-24-13-14-26-17-18-27-16-15-25-12-11-23-8-7-21-4-3-19/h19H,2-18H2,1H3. The summed E-state index contributed by atoms with van der Waals surface area (Å²) in [4.78, 5) is 0. The molecule has 0 bridgehead atoms. The molecule has 0 aliphatic heterocycles. The first-order chi connectivity index (χ1) is 13.4. The predicted octanol–water partition coefficient (Wildman–Crippen LogP) is 0.131. The van der Waals surface area contributed by atoms with Crippen molar-refractivity contribution in [2.75, 3.05) is 112 Å². The second-order valence-electron chi connectivity index (χ2n) is 5.21. The number of ether oxygens (including phenoxy) is 8. The van der Waals surface area contributed by atoms with Crippen molar-refractivity contribution in [3.05, 3.63) is 0 Å². The van der Waals surface area contributed by atoms with Gasteiger partial charge in [0.15, 0.2) is 0 Å². The molecule has 0 aliphatic carbocycles. The van der Waals surface area contributed by atoms with Crippen molar-refractivity contribution in [1.29, 1.82) is 0 Å². The molecule has 9 heteroatoms. The van der Waals surface area contributed by atoms with Crippen LogP contribution in [0.1, 0.15) is 6.92 Å². The highest BCUT2D eigenvalue weighted by Crippen LogP contribution is 1.85. The zero-order valence-corrected chi connectivity index (χ0v) is 16.7. The zero-order chi connectivity index (χ0) is 19.7. The molecule has 0 rings (SSSR count). The molecule has 0 aliphatic rings. The average Bonchev–Trinajstić information content (AvgIpc) is 2.68. The quantitative estimate of drug-likeness (QED) is 0.228. The van der Waals surface area contributed by atoms with Crippen molar-refractivity contribution in [3.63, 3.8) is 0 Å². The topological polar surface area (TPSA) is 94.1 Å². The second-order valence-corrected chi connectivity index (χ2v) is 5.21. The van der Waals surface area contributed by atoms with E-state index in [4.69, 9.17) is 43.0 Å². The van der Waals surface area contributed by atoms with Gasteiger partial charge in [-0.3, -0.25) is 0 Å². The van der Waals surface area contributed by atoms with E-state index >= 15 is 0 Å². The molecule has 164 valence electrons. The highest BCUT2D eigenvalue weighted by molar-refractivity contribution is 4.37. The van der Waals surface area contributed by atoms with Crippen molar-refractivity contribution in [2.24, 2.45) is 0 Å². The minimum atomic E-state index is 0.0348. The van der Waals surface area contributed by atoms with Crippen LogP contribution in [0.25, 0.3) is 0 Å². The van der Waals surface area contributed by atoms with Crippen LogP contribution >= 0.6 is 0 Å². The summed E-state index contributed by atoms with van der Waals surface area (Å²) >= 11 is 0. The van der Waals surface area contributed by atoms with Gasteiger partial charge in [-0.05, 0) is 6.92 Å². The van der Waals surface area contributed by atoms with Crippen LogP contribution in [0.4, 0.5) is 0 Å². The third-order valence-electron chi connectivity index (χ3n) is 3.04. The molecule has 0 spiro atoms. The van der Waals surface area contributed by atoms with Crippen LogP contribution in [0.15, 0.2) is 0 Å². The highest BCUT2D eigenvalue weighted by atomic mass is 16.6. The molecule has 0 aromatic carbocycles. The lowest BCUT2D eigenvalue weighted by atomic mass is 10.6. The van der Waals surface area contributed by atoms with Crippen LogP contribution in [0.2, 0.25) is 0 Å². The van der Waals surface area contributed by atoms with Crippen molar-refractivity contribution in [2.45, 2.75) is 6.92 Å². The monoisotopic (exact) mass is 398 g/mol. The lowest BCUT2D eigenvalue weighted by Crippen LogP contribution is -2.15. The van der Waals surface area contributed by atoms with Crippen LogP contribution in [-0.2, 0) is 37.9 Å². The van der Waals surface area contributed by atoms with Gasteiger partial charge in [0.25, 0.3) is 0 Å². The summed E-state index contributed by atoms with van der Waals surface area (Å²) in [6.45, 7) is 10.6. The number of hydrogen-bond donors (Lipinski definition) is 1. The summed E-state index contributed by atoms with van der Waals surface area (Å²) in [6, 6.07) is 0. The van der Waals surface area contributed by atoms with Gasteiger partial charge < -0.3 is 43.0 Å². The van der Waals surface area contributed by atoms with E-state index in [1.54, 1.807) is 0 Å². The van der Waals surface area contributed by atoms with Gasteiger partial charge in [-0.15, -0.1) is 0 Å². The lowest BCUT2D eigenvalue weighted by molar-refractivity contribution is -0.0235. The Balaban J connectivity index is 2.95. The minimum Gasteiger partial charge on any atom is -0.394 e. The average molecular weight is 398 g/mol. The molecule has 0 saturated carbocycles. The minimum absolute atomic E-state index is 0.0348. The van der Waals surface area contributed by atoms with Gasteiger partial charge in [-0.1, -0.05) is 0 Å². The molecule has 0 aromatic heterocycles. The summed E-state index contributed by atoms with van der Waals surface area (Å²) in [5.74, 6) is 0. The summed E-state index contributed by atoms with van der Waals surface area (Å²) in [5, 5.41) is 8.52. The van der Waals surface area contributed by atoms with Gasteiger partial charge in [0.2, 0.25) is 0 Å². The Morgan fingerprint density at radius 2 is 0.593 bits per heavy atom. The Bertz CT molecular complexity index is 233. The molecular weight excluding hydrogens is 360 g/mol. The third kappa shape index (κ3) is 25.6. The van der Waals surface area contributed by atoms with E-state index in [1.165, 1.54) is 0 Å². The molecule has 0 unspecified atom stereocenters. The van der Waals surface area contributed by atoms with Crippen molar-refractivity contribution in [3.8, 4) is 0 Å². The second kappa shape index (κ2) is 25.6. The van der Waals surface area contributed by atoms with Gasteiger partial charge in [-0.2, -0.15) is 0 Å². The summed E-state index contributed by atoms with van der Waals surface area (Å²) < 4.78 is 42.4. The predicted molar refractivity (Wildman–Crippen MR) is 99.3 cm³/mol. The number of aliphatic hydroxyl groups excluding tert-OH is 1. The Morgan fingerprint density at radius 3 is 0.815 bits per heavy atom. The molecule has 0 atom stereocenters. The molecule has 0 aromatic rings. The van der Waals surface area contributed by atoms with Crippen molar-refractivity contribution < 1.29 is 43.0 Å². The zero-order valence-electron chi connectivity index (χ0n) is 16.7. The van der Waals surface area contributed by atoms with Gasteiger partial charge in [0.1, 0.15) is 0 Å². The van der Waals surface area contributed by atoms with Crippen LogP contribution in [0.3, 0.4) is 0 Å². The first-order valence-corrected chi connectivity index (χ1v) is 9.64. The van der Waals surface area contributed by atoms with Gasteiger partial charge >= 0.3 is 0 Å². The molecule has 9 nitrogen and oxygen atoms in total. The van der Waals surface area contributed by atoms with E-state index in [0.717, 1.165) is 0 Å². The Morgan fingerprint density at radius 1 is 0.370 bits per heavy atom. The van der Waals surface area contributed by atoms with E-state index in [1.807, 2.05) is 6.92 Å². The number of hydrogen-bond acceptors (Lipinski definition) is 9. The van der Waals surface area contributed by atoms with Gasteiger partial charge in [-0.25, -0.2) is 0 Å². The first kappa shape index (κ1) is 26.6. The largest absolute Gasteiger partial charge is 0.394 e. The molecule has 27 heavy (non-hydrogen) atoms. The van der Waals surface area contributed by atoms with E-state index in [-0.39, 0.29) is 6.61 Å². The maximum Gasteiger partial charge on any atom is 0.0701 e. The third-order valence-corrected chi connectivity index (χ3v) is 3.04. The molecular formula is C18H38O9. The number of aliphatic hydroxyl groups is 1. The number of rotatable bonds is 24. The SMILES string of the molecule is CCOCCOCCOCCOCCOCCOCCOCCOCCO. The van der Waals surface area contributed by atoms with Crippen LogP contribution < -0.4 is 0 Å². The molecule has 0 radical (unpaired) electrons. The van der Waals surface area contributed by atoms with Crippen molar-refractivity contribution >= 4 is 0 Å². The lowest BCUT2D eigenvalue weighted by Gasteiger charge is -2.08. The fraction of sp³-hybridized carbons (Fsp3) is 1.00. The van der Waals surface area contributed by atoms with Gasteiger partial charge in [0, 0.05) is 6.61 Å². The van der Waals surface area contributed by atoms with Crippen LogP contribution in [0, 0.1) is 0 Å². The molecule has 1 N–H and O–H groups in total. The van der Waals surface area contributed by atoms with Crippen LogP contribution in [-0.4, -0.2) is 117 Å². The first-order valence-electron chi connectivity index (χ1n) is 9.64. The highest BCUT2D eigenvalue weighted by Gasteiger charge is 1.94. The summed E-state index contributed by atoms with van der Waals surface area (Å²) in [5.41, 5.74) is 0. The molecule has 0 saturated heterocycles. The van der Waals surface area contributed by atoms with E-state index < -0.39 is 0 Å². The van der Waals surface area contributed by atoms with Crippen LogP contribution in [0.5, 0.6) is 0 Å². The molecule has 0 amide bonds. The Hall–Kier alpha value is -0.360. The Kier molecular flexibility index (Phi) is 25.3. The smallest absolute Gasteiger partial charge is 0.0701 e. The summed E-state index contributed by atoms with van der Waals surface area (Å²) in [6.07, 6.45) is 0. The molecule has 0 fully saturated rings. The maximum absolute atomic E-state index is 8.52. The fourth-order valence-electron chi connectivity index (χ4n) is 1.75. The maximum atomic E-state index is 8.52. The molecule has 0 heterocycles. The van der Waals surface area contributed by atoms with Crippen molar-refractivity contribution in [1.82, 2.24) is 0 Å². The van der Waals surface area contributed by atoms with E-state index in [2.05, 4.69) is 0 Å². The van der Waals surface area contributed by atoms with E-state index in [9.17, 15) is 0 Å². The fourth-order valence-corrected chi connectivity index (χ4v) is 1.75. The van der Waals surface area contributed by atoms with E-state index in [0.29, 0.717) is 106 Å². The Labute approximate surface area is 163 Å². The summed E-state index contributed by atoms with van der Waals surface area (Å²) in [7, 11) is 0. The van der Waals surface area contributed by atoms with Gasteiger partial charge in [0.05, 0.1) is 106 Å².